The first-order valence-corrected chi connectivity index (χ1v) is 27.8. The van der Waals surface area contributed by atoms with Crippen LogP contribution in [0.15, 0.2) is 73.8 Å². The number of hydrogen-bond donors (Lipinski definition) is 4. The molecule has 2 saturated heterocycles. The van der Waals surface area contributed by atoms with Crippen LogP contribution in [-0.2, 0) is 45.0 Å². The Bertz CT molecular complexity index is 2350. The molecule has 2 saturated carbocycles. The van der Waals surface area contributed by atoms with Crippen molar-refractivity contribution in [3.8, 4) is 0 Å². The molecule has 3 amide bonds. The van der Waals surface area contributed by atoms with Gasteiger partial charge in [-0.2, -0.15) is 10.2 Å². The van der Waals surface area contributed by atoms with Crippen molar-refractivity contribution in [2.24, 2.45) is 22.7 Å². The number of benzene rings is 2. The molecule has 4 N–H and O–H groups in total. The number of carboxylic acids is 1. The van der Waals surface area contributed by atoms with Crippen LogP contribution in [0.3, 0.4) is 0 Å². The van der Waals surface area contributed by atoms with Crippen LogP contribution in [-0.4, -0.2) is 113 Å². The second kappa shape index (κ2) is 27.7. The molecule has 4 fully saturated rings. The van der Waals surface area contributed by atoms with Gasteiger partial charge in [0.25, 0.3) is 0 Å². The number of amides is 3. The maximum absolute atomic E-state index is 13.8. The highest BCUT2D eigenvalue weighted by atomic mass is 35.5. The highest BCUT2D eigenvalue weighted by Crippen LogP contribution is 2.48. The number of carboxylic acid groups (broad SMARTS) is 1. The van der Waals surface area contributed by atoms with Gasteiger partial charge in [0.1, 0.15) is 48.6 Å². The number of hydrogen-bond acceptors (Lipinski definition) is 11. The fraction of sp³-hybridized carbons (Fsp3) is 0.643. The molecule has 2 aliphatic carbocycles. The van der Waals surface area contributed by atoms with Crippen molar-refractivity contribution in [3.63, 3.8) is 0 Å². The number of aliphatic carboxylic acids is 1. The van der Waals surface area contributed by atoms with Gasteiger partial charge < -0.3 is 35.4 Å². The quantitative estimate of drug-likeness (QED) is 0.0930. The summed E-state index contributed by atoms with van der Waals surface area (Å²) in [5.74, 6) is 0.342. The molecule has 4 aliphatic rings. The molecular formula is C56H82Cl2N10O7. The van der Waals surface area contributed by atoms with Crippen molar-refractivity contribution >= 4 is 47.3 Å². The molecule has 2 aromatic heterocycles. The first kappa shape index (κ1) is 59.0. The number of likely N-dealkylation sites (tertiary alicyclic amines) is 1. The number of alkyl carbamates (subject to hydrolysis) is 2. The van der Waals surface area contributed by atoms with Crippen LogP contribution in [0.25, 0.3) is 0 Å². The summed E-state index contributed by atoms with van der Waals surface area (Å²) in [6.07, 6.45) is 24.1. The average molecular weight is 1080 g/mol. The summed E-state index contributed by atoms with van der Waals surface area (Å²) in [6.45, 7) is 16.1. The van der Waals surface area contributed by atoms with Gasteiger partial charge in [0, 0.05) is 49.1 Å². The van der Waals surface area contributed by atoms with E-state index in [1.807, 2.05) is 48.8 Å². The summed E-state index contributed by atoms with van der Waals surface area (Å²) >= 11 is 11.8. The first-order valence-electron chi connectivity index (χ1n) is 27.0. The lowest BCUT2D eigenvalue weighted by Gasteiger charge is -2.48. The Morgan fingerprint density at radius 2 is 1.04 bits per heavy atom. The van der Waals surface area contributed by atoms with Gasteiger partial charge in [0.2, 0.25) is 5.91 Å². The second-order valence-corrected chi connectivity index (χ2v) is 23.9. The third-order valence-electron chi connectivity index (χ3n) is 15.2. The number of piperidine rings is 2. The smallest absolute Gasteiger partial charge is 0.408 e. The minimum Gasteiger partial charge on any atom is -0.480 e. The van der Waals surface area contributed by atoms with Crippen LogP contribution in [0.1, 0.15) is 143 Å². The maximum Gasteiger partial charge on any atom is 0.408 e. The minimum atomic E-state index is -1.12. The van der Waals surface area contributed by atoms with Gasteiger partial charge >= 0.3 is 18.2 Å². The monoisotopic (exact) mass is 1080 g/mol. The fourth-order valence-corrected chi connectivity index (χ4v) is 11.7. The molecule has 2 aromatic carbocycles. The Hall–Kier alpha value is -5.26. The number of aromatic nitrogens is 6. The molecule has 19 heteroatoms. The molecule has 412 valence electrons. The highest BCUT2D eigenvalue weighted by molar-refractivity contribution is 6.30. The summed E-state index contributed by atoms with van der Waals surface area (Å²) < 4.78 is 14.5. The Balaban J connectivity index is 0.000000202. The van der Waals surface area contributed by atoms with Crippen molar-refractivity contribution in [2.75, 3.05) is 26.2 Å². The Morgan fingerprint density at radius 1 is 0.640 bits per heavy atom. The van der Waals surface area contributed by atoms with Gasteiger partial charge in [-0.25, -0.2) is 24.4 Å². The lowest BCUT2D eigenvalue weighted by Crippen LogP contribution is -2.55. The minimum absolute atomic E-state index is 0.0705. The predicted octanol–water partition coefficient (Wildman–Crippen LogP) is 10.3. The van der Waals surface area contributed by atoms with Crippen molar-refractivity contribution in [1.29, 1.82) is 0 Å². The van der Waals surface area contributed by atoms with Crippen LogP contribution in [0, 0.1) is 22.7 Å². The average Bonchev–Trinajstić information content (AvgIpc) is 4.10. The Morgan fingerprint density at radius 3 is 1.43 bits per heavy atom. The van der Waals surface area contributed by atoms with Crippen molar-refractivity contribution < 1.29 is 33.8 Å². The van der Waals surface area contributed by atoms with E-state index in [9.17, 15) is 19.2 Å². The lowest BCUT2D eigenvalue weighted by atomic mass is 9.63. The van der Waals surface area contributed by atoms with Gasteiger partial charge in [-0.3, -0.25) is 14.2 Å². The zero-order chi connectivity index (χ0) is 54.1. The van der Waals surface area contributed by atoms with Gasteiger partial charge in [0.05, 0.1) is 0 Å². The first-order chi connectivity index (χ1) is 35.7. The molecular weight excluding hydrogens is 996 g/mol. The van der Waals surface area contributed by atoms with E-state index < -0.39 is 41.4 Å². The van der Waals surface area contributed by atoms with E-state index in [2.05, 4.69) is 40.8 Å². The van der Waals surface area contributed by atoms with Gasteiger partial charge in [-0.1, -0.05) is 86.0 Å². The zero-order valence-electron chi connectivity index (χ0n) is 45.1. The van der Waals surface area contributed by atoms with E-state index in [4.69, 9.17) is 37.8 Å². The number of carbonyl (C=O) groups excluding carboxylic acids is 3. The number of halogens is 2. The maximum atomic E-state index is 13.8. The molecule has 75 heavy (non-hydrogen) atoms. The van der Waals surface area contributed by atoms with Crippen molar-refractivity contribution in [3.05, 3.63) is 95.0 Å². The topological polar surface area (TPSA) is 208 Å². The van der Waals surface area contributed by atoms with Crippen LogP contribution in [0.4, 0.5) is 9.59 Å². The molecule has 2 aliphatic heterocycles. The molecule has 4 aromatic rings. The molecule has 0 unspecified atom stereocenters. The van der Waals surface area contributed by atoms with Gasteiger partial charge in [-0.05, 0) is 164 Å². The van der Waals surface area contributed by atoms with Gasteiger partial charge in [0.15, 0.2) is 0 Å². The predicted molar refractivity (Wildman–Crippen MR) is 290 cm³/mol. The van der Waals surface area contributed by atoms with Crippen molar-refractivity contribution in [1.82, 2.24) is 50.4 Å². The fourth-order valence-electron chi connectivity index (χ4n) is 11.4. The summed E-state index contributed by atoms with van der Waals surface area (Å²) in [7, 11) is 0. The number of ether oxygens (including phenoxy) is 2. The van der Waals surface area contributed by atoms with Crippen LogP contribution >= 0.6 is 23.2 Å². The molecule has 0 spiro atoms. The summed E-state index contributed by atoms with van der Waals surface area (Å²) in [5, 5.41) is 27.8. The molecule has 4 heterocycles. The van der Waals surface area contributed by atoms with Crippen LogP contribution in [0.5, 0.6) is 0 Å². The molecule has 8 rings (SSSR count). The second-order valence-electron chi connectivity index (χ2n) is 23.1. The van der Waals surface area contributed by atoms with Crippen LogP contribution < -0.4 is 16.0 Å². The SMILES string of the molecule is CC(C)(C)OC(=O)N[C@H](Cc1ccc(Cl)cc1)C(=O)N1CCC(Cn2cncn2)(C2CCCCC2)CC1.CC(C)(C)OC(=O)N[C@H](Cc1ccc(Cl)cc1)C(=O)O.c1ncn(CC2(C3CCCCC3)CCNCC2)n1. The van der Waals surface area contributed by atoms with E-state index in [1.165, 1.54) is 90.1 Å². The third kappa shape index (κ3) is 19.1. The van der Waals surface area contributed by atoms with E-state index in [0.717, 1.165) is 43.0 Å². The summed E-state index contributed by atoms with van der Waals surface area (Å²) in [6, 6.07) is 12.4. The van der Waals surface area contributed by atoms with E-state index in [-0.39, 0.29) is 17.7 Å². The van der Waals surface area contributed by atoms with Gasteiger partial charge in [-0.15, -0.1) is 0 Å². The van der Waals surface area contributed by atoms with E-state index in [1.54, 1.807) is 76.2 Å². The Labute approximate surface area is 454 Å². The van der Waals surface area contributed by atoms with Crippen LogP contribution in [0.2, 0.25) is 10.0 Å². The summed E-state index contributed by atoms with van der Waals surface area (Å²) in [5.41, 5.74) is 0.947. The number of nitrogens with zero attached hydrogens (tertiary/aromatic N) is 7. The standard InChI is InChI=1S/C28H40ClN5O3.C14H18ClNO4.C14H24N4/c1-27(2,3)37-26(36)32-24(17-21-9-11-23(29)12-10-21)25(35)33-15-13-28(14-16-33,18-34-20-30-19-31-34)22-7-5-4-6-8-22;1-14(2,3)20-13(19)16-11(12(17)18)8-9-4-6-10(15)7-5-9;1-2-4-13(5-3-1)14(6-8-15-9-7-14)10-18-12-16-11-17-18/h9-12,19-20,22,24H,4-8,13-18H2,1-3H3,(H,32,36);4-7,11H,8H2,1-3H3,(H,16,19)(H,17,18);11-13,15H,1-10H2/t24-;11-;/m11./s1. The largest absolute Gasteiger partial charge is 0.480 e. The number of rotatable bonds is 14. The third-order valence-corrected chi connectivity index (χ3v) is 15.7. The van der Waals surface area contributed by atoms with Crippen molar-refractivity contribution in [2.45, 2.75) is 181 Å². The van der Waals surface area contributed by atoms with E-state index in [0.29, 0.717) is 40.9 Å². The highest BCUT2D eigenvalue weighted by Gasteiger charge is 2.44. The van der Waals surface area contributed by atoms with E-state index >= 15 is 0 Å². The molecule has 0 radical (unpaired) electrons. The number of nitrogens with one attached hydrogen (secondary N) is 3. The number of carbonyl (C=O) groups is 4. The lowest BCUT2D eigenvalue weighted by molar-refractivity contribution is -0.139. The summed E-state index contributed by atoms with van der Waals surface area (Å²) in [4.78, 5) is 59.4. The molecule has 17 nitrogen and oxygen atoms in total. The zero-order valence-corrected chi connectivity index (χ0v) is 46.6. The molecule has 0 bridgehead atoms. The molecule has 2 atom stereocenters. The Kier molecular flexibility index (Phi) is 21.8. The normalized spacial score (nSPS) is 18.9.